The standard InChI is InChI=1S/C21H28N4O2S/c1-3-20(28(26,27)4-2)24-18-9-5-16(6-10-18)15-17-7-11-19(12-8-17)25-21-22-13-14-23-21/h5-12,20,24H,3-4,13-15H2,1-2H3,(H2,22,23,25). The summed E-state index contributed by atoms with van der Waals surface area (Å²) >= 11 is 0. The van der Waals surface area contributed by atoms with Crippen molar-refractivity contribution in [1.82, 2.24) is 5.32 Å². The molecule has 1 aliphatic heterocycles. The first-order chi connectivity index (χ1) is 13.5. The fourth-order valence-corrected chi connectivity index (χ4v) is 4.34. The van der Waals surface area contributed by atoms with E-state index in [1.807, 2.05) is 31.2 Å². The van der Waals surface area contributed by atoms with E-state index in [2.05, 4.69) is 45.2 Å². The number of aliphatic imine (C=N–C) groups is 1. The van der Waals surface area contributed by atoms with E-state index in [1.54, 1.807) is 6.92 Å². The van der Waals surface area contributed by atoms with Gasteiger partial charge in [0.1, 0.15) is 5.37 Å². The molecular weight excluding hydrogens is 372 g/mol. The van der Waals surface area contributed by atoms with Crippen molar-refractivity contribution in [3.63, 3.8) is 0 Å². The molecule has 150 valence electrons. The number of nitrogens with one attached hydrogen (secondary N) is 3. The van der Waals surface area contributed by atoms with E-state index in [4.69, 9.17) is 0 Å². The minimum Gasteiger partial charge on any atom is -0.369 e. The SMILES string of the molecule is CCC(Nc1ccc(Cc2ccc(NC3=NCCN3)cc2)cc1)S(=O)(=O)CC. The van der Waals surface area contributed by atoms with Gasteiger partial charge in [0.05, 0.1) is 6.54 Å². The predicted octanol–water partition coefficient (Wildman–Crippen LogP) is 3.23. The highest BCUT2D eigenvalue weighted by Gasteiger charge is 2.21. The van der Waals surface area contributed by atoms with Crippen LogP contribution in [0.15, 0.2) is 53.5 Å². The van der Waals surface area contributed by atoms with E-state index in [9.17, 15) is 8.42 Å². The van der Waals surface area contributed by atoms with Crippen molar-refractivity contribution in [2.45, 2.75) is 32.1 Å². The second kappa shape index (κ2) is 9.10. The average Bonchev–Trinajstić information content (AvgIpc) is 3.22. The molecule has 1 heterocycles. The summed E-state index contributed by atoms with van der Waals surface area (Å²) in [5.74, 6) is 0.969. The third-order valence-corrected chi connectivity index (χ3v) is 6.91. The first-order valence-corrected chi connectivity index (χ1v) is 11.4. The van der Waals surface area contributed by atoms with E-state index in [-0.39, 0.29) is 5.75 Å². The Balaban J connectivity index is 1.59. The van der Waals surface area contributed by atoms with Gasteiger partial charge in [0, 0.05) is 23.7 Å². The van der Waals surface area contributed by atoms with Crippen LogP contribution < -0.4 is 16.0 Å². The van der Waals surface area contributed by atoms with Gasteiger partial charge in [-0.25, -0.2) is 8.42 Å². The molecule has 0 aliphatic carbocycles. The molecule has 1 atom stereocenters. The van der Waals surface area contributed by atoms with Gasteiger partial charge in [0.15, 0.2) is 15.8 Å². The van der Waals surface area contributed by atoms with Crippen molar-refractivity contribution in [3.05, 3.63) is 59.7 Å². The highest BCUT2D eigenvalue weighted by molar-refractivity contribution is 7.92. The summed E-state index contributed by atoms with van der Waals surface area (Å²) in [6.45, 7) is 5.26. The Morgan fingerprint density at radius 1 is 1.00 bits per heavy atom. The number of hydrogen-bond acceptors (Lipinski definition) is 6. The fraction of sp³-hybridized carbons (Fsp3) is 0.381. The Hall–Kier alpha value is -2.54. The van der Waals surface area contributed by atoms with E-state index in [0.29, 0.717) is 6.42 Å². The normalized spacial score (nSPS) is 14.9. The Kier molecular flexibility index (Phi) is 6.57. The molecule has 1 unspecified atom stereocenters. The topological polar surface area (TPSA) is 82.6 Å². The molecule has 3 rings (SSSR count). The lowest BCUT2D eigenvalue weighted by atomic mass is 10.0. The van der Waals surface area contributed by atoms with Crippen LogP contribution in [0.4, 0.5) is 11.4 Å². The van der Waals surface area contributed by atoms with Gasteiger partial charge >= 0.3 is 0 Å². The van der Waals surface area contributed by atoms with Crippen molar-refractivity contribution < 1.29 is 8.42 Å². The van der Waals surface area contributed by atoms with Gasteiger partial charge < -0.3 is 16.0 Å². The molecule has 0 saturated heterocycles. The zero-order valence-corrected chi connectivity index (χ0v) is 17.2. The summed E-state index contributed by atoms with van der Waals surface area (Å²) in [4.78, 5) is 4.33. The molecule has 0 aromatic heterocycles. The van der Waals surface area contributed by atoms with Crippen LogP contribution in [0.1, 0.15) is 31.4 Å². The van der Waals surface area contributed by atoms with Crippen molar-refractivity contribution >= 4 is 27.2 Å². The van der Waals surface area contributed by atoms with Gasteiger partial charge in [-0.3, -0.25) is 4.99 Å². The van der Waals surface area contributed by atoms with Crippen LogP contribution >= 0.6 is 0 Å². The van der Waals surface area contributed by atoms with Crippen molar-refractivity contribution in [2.75, 3.05) is 29.5 Å². The molecular formula is C21H28N4O2S. The van der Waals surface area contributed by atoms with Gasteiger partial charge in [-0.05, 0) is 48.2 Å². The van der Waals surface area contributed by atoms with Crippen molar-refractivity contribution in [1.29, 1.82) is 0 Å². The van der Waals surface area contributed by atoms with E-state index < -0.39 is 15.2 Å². The van der Waals surface area contributed by atoms with E-state index in [0.717, 1.165) is 36.8 Å². The van der Waals surface area contributed by atoms with Gasteiger partial charge in [0.2, 0.25) is 0 Å². The molecule has 0 radical (unpaired) electrons. The summed E-state index contributed by atoms with van der Waals surface area (Å²) in [5, 5.41) is 9.05. The first kappa shape index (κ1) is 20.2. The summed E-state index contributed by atoms with van der Waals surface area (Å²) in [6.07, 6.45) is 1.37. The monoisotopic (exact) mass is 400 g/mol. The highest BCUT2D eigenvalue weighted by Crippen LogP contribution is 2.18. The second-order valence-electron chi connectivity index (χ2n) is 6.85. The van der Waals surface area contributed by atoms with Gasteiger partial charge in [-0.1, -0.05) is 38.1 Å². The third-order valence-electron chi connectivity index (χ3n) is 4.79. The van der Waals surface area contributed by atoms with Gasteiger partial charge in [-0.15, -0.1) is 0 Å². The molecule has 0 amide bonds. The lowest BCUT2D eigenvalue weighted by molar-refractivity contribution is 0.584. The maximum absolute atomic E-state index is 12.1. The molecule has 1 aliphatic rings. The number of benzene rings is 2. The molecule has 2 aromatic rings. The summed E-state index contributed by atoms with van der Waals surface area (Å²) in [5.41, 5.74) is 4.24. The molecule has 0 saturated carbocycles. The number of anilines is 2. The summed E-state index contributed by atoms with van der Waals surface area (Å²) in [6, 6.07) is 16.3. The molecule has 28 heavy (non-hydrogen) atoms. The number of sulfone groups is 1. The molecule has 3 N–H and O–H groups in total. The molecule has 6 nitrogen and oxygen atoms in total. The lowest BCUT2D eigenvalue weighted by Gasteiger charge is -2.18. The zero-order valence-electron chi connectivity index (χ0n) is 16.4. The Labute approximate surface area is 167 Å². The maximum atomic E-state index is 12.1. The first-order valence-electron chi connectivity index (χ1n) is 9.71. The number of nitrogens with zero attached hydrogens (tertiary/aromatic N) is 1. The zero-order chi connectivity index (χ0) is 20.0. The minimum absolute atomic E-state index is 0.144. The Morgan fingerprint density at radius 2 is 1.61 bits per heavy atom. The largest absolute Gasteiger partial charge is 0.369 e. The molecule has 7 heteroatoms. The smallest absolute Gasteiger partial charge is 0.195 e. The average molecular weight is 401 g/mol. The van der Waals surface area contributed by atoms with Crippen LogP contribution in [0, 0.1) is 0 Å². The third kappa shape index (κ3) is 5.25. The van der Waals surface area contributed by atoms with Crippen LogP contribution in [0.3, 0.4) is 0 Å². The van der Waals surface area contributed by atoms with Crippen LogP contribution in [0.25, 0.3) is 0 Å². The lowest BCUT2D eigenvalue weighted by Crippen LogP contribution is -2.30. The maximum Gasteiger partial charge on any atom is 0.195 e. The van der Waals surface area contributed by atoms with Gasteiger partial charge in [-0.2, -0.15) is 0 Å². The van der Waals surface area contributed by atoms with Crippen LogP contribution in [0.5, 0.6) is 0 Å². The highest BCUT2D eigenvalue weighted by atomic mass is 32.2. The minimum atomic E-state index is -3.11. The molecule has 0 spiro atoms. The molecule has 0 bridgehead atoms. The molecule has 2 aromatic carbocycles. The Bertz CT molecular complexity index is 906. The predicted molar refractivity (Wildman–Crippen MR) is 117 cm³/mol. The number of hydrogen-bond donors (Lipinski definition) is 3. The number of guanidine groups is 1. The summed E-state index contributed by atoms with van der Waals surface area (Å²) in [7, 11) is -3.11. The fourth-order valence-electron chi connectivity index (χ4n) is 3.11. The molecule has 0 fully saturated rings. The van der Waals surface area contributed by atoms with Gasteiger partial charge in [0.25, 0.3) is 0 Å². The van der Waals surface area contributed by atoms with E-state index in [1.165, 1.54) is 11.1 Å². The van der Waals surface area contributed by atoms with Crippen LogP contribution in [-0.2, 0) is 16.3 Å². The number of rotatable bonds is 8. The van der Waals surface area contributed by atoms with Crippen molar-refractivity contribution in [3.8, 4) is 0 Å². The van der Waals surface area contributed by atoms with Crippen LogP contribution in [0.2, 0.25) is 0 Å². The van der Waals surface area contributed by atoms with Crippen molar-refractivity contribution in [2.24, 2.45) is 4.99 Å². The quantitative estimate of drug-likeness (QED) is 0.634. The second-order valence-corrected chi connectivity index (χ2v) is 9.32. The Morgan fingerprint density at radius 3 is 2.11 bits per heavy atom. The summed E-state index contributed by atoms with van der Waals surface area (Å²) < 4.78 is 24.2. The van der Waals surface area contributed by atoms with E-state index >= 15 is 0 Å². The van der Waals surface area contributed by atoms with Crippen LogP contribution in [-0.4, -0.2) is 38.6 Å².